The first-order valence-corrected chi connectivity index (χ1v) is 13.8. The number of nitrogens with one attached hydrogen (secondary N) is 4. The molecule has 0 bridgehead atoms. The van der Waals surface area contributed by atoms with Gasteiger partial charge in [-0.3, -0.25) is 50.1 Å². The van der Waals surface area contributed by atoms with Crippen LogP contribution in [0, 0.1) is 0 Å². The number of hydrogen-bond donors (Lipinski definition) is 4. The van der Waals surface area contributed by atoms with E-state index in [2.05, 4.69) is 21.3 Å². The third-order valence-corrected chi connectivity index (χ3v) is 4.85. The first-order chi connectivity index (χ1) is 19.3. The maximum Gasteiger partial charge on any atom is 0.320 e. The number of hydrogen-bond acceptors (Lipinski definition) is 15. The molecule has 0 aromatic carbocycles. The molecule has 0 aromatic heterocycles. The van der Waals surface area contributed by atoms with Gasteiger partial charge < -0.3 is 23.7 Å². The lowest BCUT2D eigenvalue weighted by molar-refractivity contribution is -0.157. The molecule has 0 unspecified atom stereocenters. The monoisotopic (exact) mass is 591 g/mol. The summed E-state index contributed by atoms with van der Waals surface area (Å²) in [6.07, 6.45) is -1.36. The zero-order valence-electron chi connectivity index (χ0n) is 25.5. The van der Waals surface area contributed by atoms with Crippen molar-refractivity contribution in [3.63, 3.8) is 0 Å². The lowest BCUT2D eigenvalue weighted by Gasteiger charge is -2.32. The van der Waals surface area contributed by atoms with Gasteiger partial charge in [0.05, 0.1) is 71.5 Å². The summed E-state index contributed by atoms with van der Waals surface area (Å²) in [5.74, 6) is -2.53. The predicted octanol–water partition coefficient (Wildman–Crippen LogP) is -1.11. The van der Waals surface area contributed by atoms with Gasteiger partial charge in [0.15, 0.2) is 0 Å². The van der Waals surface area contributed by atoms with E-state index in [4.69, 9.17) is 23.7 Å². The van der Waals surface area contributed by atoms with Gasteiger partial charge in [0, 0.05) is 13.1 Å². The highest BCUT2D eigenvalue weighted by atomic mass is 16.6. The van der Waals surface area contributed by atoms with E-state index >= 15 is 0 Å². The van der Waals surface area contributed by atoms with Crippen LogP contribution in [0.2, 0.25) is 0 Å². The van der Waals surface area contributed by atoms with Crippen LogP contribution in [0.15, 0.2) is 0 Å². The van der Waals surface area contributed by atoms with E-state index in [-0.39, 0.29) is 72.2 Å². The van der Waals surface area contributed by atoms with E-state index in [1.807, 2.05) is 0 Å². The second-order valence-corrected chi connectivity index (χ2v) is 9.63. The average Bonchev–Trinajstić information content (AvgIpc) is 2.86. The van der Waals surface area contributed by atoms with Gasteiger partial charge in [0.1, 0.15) is 5.60 Å². The van der Waals surface area contributed by atoms with Gasteiger partial charge in [-0.15, -0.1) is 0 Å². The van der Waals surface area contributed by atoms with Gasteiger partial charge in [-0.1, -0.05) is 0 Å². The second kappa shape index (κ2) is 21.8. The molecule has 15 heteroatoms. The SMILES string of the molecule is CCOC(=O)CNC(CN(CC(=O)OC(C)(C)C)CC(NCC(=O)OCC)NCC(=O)OCC)NCC(=O)OCC. The van der Waals surface area contributed by atoms with Crippen LogP contribution in [0.25, 0.3) is 0 Å². The Morgan fingerprint density at radius 3 is 1.10 bits per heavy atom. The van der Waals surface area contributed by atoms with E-state index < -0.39 is 47.8 Å². The highest BCUT2D eigenvalue weighted by Gasteiger charge is 2.25. The summed E-state index contributed by atoms with van der Waals surface area (Å²) in [5.41, 5.74) is -0.740. The topological polar surface area (TPSA) is 183 Å². The Morgan fingerprint density at radius 1 is 0.561 bits per heavy atom. The molecule has 41 heavy (non-hydrogen) atoms. The second-order valence-electron chi connectivity index (χ2n) is 9.63. The van der Waals surface area contributed by atoms with Crippen LogP contribution < -0.4 is 21.3 Å². The van der Waals surface area contributed by atoms with Gasteiger partial charge in [0.2, 0.25) is 0 Å². The molecule has 0 radical (unpaired) electrons. The summed E-state index contributed by atoms with van der Waals surface area (Å²) < 4.78 is 25.4. The third kappa shape index (κ3) is 21.6. The molecule has 0 rings (SSSR count). The van der Waals surface area contributed by atoms with E-state index in [0.717, 1.165) is 0 Å². The van der Waals surface area contributed by atoms with Crippen molar-refractivity contribution in [2.24, 2.45) is 0 Å². The minimum Gasteiger partial charge on any atom is -0.465 e. The highest BCUT2D eigenvalue weighted by molar-refractivity contribution is 5.73. The van der Waals surface area contributed by atoms with Crippen molar-refractivity contribution in [1.82, 2.24) is 26.2 Å². The molecule has 0 heterocycles. The molecule has 0 saturated carbocycles. The minimum absolute atomic E-state index is 0.0940. The Labute approximate surface area is 242 Å². The van der Waals surface area contributed by atoms with Crippen molar-refractivity contribution in [2.45, 2.75) is 66.4 Å². The molecule has 0 aliphatic rings. The lowest BCUT2D eigenvalue weighted by Crippen LogP contribution is -2.58. The van der Waals surface area contributed by atoms with Gasteiger partial charge in [0.25, 0.3) is 0 Å². The van der Waals surface area contributed by atoms with E-state index in [9.17, 15) is 24.0 Å². The predicted molar refractivity (Wildman–Crippen MR) is 148 cm³/mol. The molecular weight excluding hydrogens is 542 g/mol. The summed E-state index contributed by atoms with van der Waals surface area (Å²) in [6.45, 7) is 12.1. The molecule has 238 valence electrons. The van der Waals surface area contributed by atoms with Crippen LogP contribution in [0.5, 0.6) is 0 Å². The fourth-order valence-corrected chi connectivity index (χ4v) is 3.35. The van der Waals surface area contributed by atoms with Gasteiger partial charge >= 0.3 is 29.8 Å². The molecule has 0 amide bonds. The molecular formula is C26H49N5O10. The third-order valence-electron chi connectivity index (χ3n) is 4.85. The number of rotatable bonds is 22. The number of ether oxygens (including phenoxy) is 5. The minimum atomic E-state index is -0.740. The van der Waals surface area contributed by atoms with Crippen LogP contribution in [0.4, 0.5) is 0 Å². The molecule has 0 aromatic rings. The summed E-state index contributed by atoms with van der Waals surface area (Å²) >= 11 is 0. The standard InChI is InChI=1S/C26H49N5O10/c1-8-37-21(32)12-27-19(28-13-22(33)38-9-2)16-31(18-25(36)41-26(5,6)7)17-20(29-14-23(34)39-10-3)30-15-24(35)40-11-4/h19-20,27-30H,8-18H2,1-7H3. The molecule has 0 atom stereocenters. The number of carbonyl (C=O) groups is 5. The Kier molecular flexibility index (Phi) is 20.3. The summed E-state index contributed by atoms with van der Waals surface area (Å²) in [6, 6.07) is 0. The first kappa shape index (κ1) is 38.1. The fourth-order valence-electron chi connectivity index (χ4n) is 3.35. The van der Waals surface area contributed by atoms with E-state index in [1.165, 1.54) is 0 Å². The first-order valence-electron chi connectivity index (χ1n) is 13.8. The number of esters is 5. The Bertz CT molecular complexity index is 712. The molecule has 4 N–H and O–H groups in total. The number of nitrogens with zero attached hydrogens (tertiary/aromatic N) is 1. The maximum absolute atomic E-state index is 12.8. The zero-order chi connectivity index (χ0) is 31.3. The van der Waals surface area contributed by atoms with Crippen LogP contribution in [-0.4, -0.2) is 125 Å². The van der Waals surface area contributed by atoms with Crippen molar-refractivity contribution in [1.29, 1.82) is 0 Å². The summed E-state index contributed by atoms with van der Waals surface area (Å²) in [5, 5.41) is 11.9. The van der Waals surface area contributed by atoms with Gasteiger partial charge in [-0.05, 0) is 48.5 Å². The van der Waals surface area contributed by atoms with Crippen LogP contribution in [-0.2, 0) is 47.7 Å². The van der Waals surface area contributed by atoms with Crippen molar-refractivity contribution >= 4 is 29.8 Å². The summed E-state index contributed by atoms with van der Waals surface area (Å²) in [7, 11) is 0. The van der Waals surface area contributed by atoms with Crippen molar-refractivity contribution in [2.75, 3.05) is 72.2 Å². The fraction of sp³-hybridized carbons (Fsp3) is 0.808. The Morgan fingerprint density at radius 2 is 0.854 bits per heavy atom. The van der Waals surface area contributed by atoms with Crippen molar-refractivity contribution in [3.8, 4) is 0 Å². The maximum atomic E-state index is 12.8. The van der Waals surface area contributed by atoms with Crippen LogP contribution in [0.1, 0.15) is 48.5 Å². The van der Waals surface area contributed by atoms with Gasteiger partial charge in [-0.2, -0.15) is 0 Å². The normalized spacial score (nSPS) is 11.5. The molecule has 0 saturated heterocycles. The van der Waals surface area contributed by atoms with E-state index in [0.29, 0.717) is 0 Å². The van der Waals surface area contributed by atoms with Crippen molar-refractivity contribution < 1.29 is 47.7 Å². The molecule has 0 aliphatic carbocycles. The summed E-state index contributed by atoms with van der Waals surface area (Å²) in [4.78, 5) is 62.4. The lowest BCUT2D eigenvalue weighted by atomic mass is 10.2. The Hall–Kier alpha value is -2.85. The molecule has 0 fully saturated rings. The van der Waals surface area contributed by atoms with Crippen LogP contribution in [0.3, 0.4) is 0 Å². The zero-order valence-corrected chi connectivity index (χ0v) is 25.5. The number of carbonyl (C=O) groups excluding carboxylic acids is 5. The van der Waals surface area contributed by atoms with Crippen LogP contribution >= 0.6 is 0 Å². The smallest absolute Gasteiger partial charge is 0.320 e. The van der Waals surface area contributed by atoms with Gasteiger partial charge in [-0.25, -0.2) is 0 Å². The quantitative estimate of drug-likeness (QED) is 0.0675. The molecule has 0 aliphatic heterocycles. The van der Waals surface area contributed by atoms with E-state index in [1.54, 1.807) is 53.4 Å². The largest absolute Gasteiger partial charge is 0.465 e. The Balaban J connectivity index is 5.88. The highest BCUT2D eigenvalue weighted by Crippen LogP contribution is 2.08. The molecule has 0 spiro atoms. The molecule has 15 nitrogen and oxygen atoms in total. The average molecular weight is 592 g/mol. The van der Waals surface area contributed by atoms with Crippen molar-refractivity contribution in [3.05, 3.63) is 0 Å².